The second-order valence-electron chi connectivity index (χ2n) is 13.8. The van der Waals surface area contributed by atoms with Gasteiger partial charge < -0.3 is 21.1 Å². The van der Waals surface area contributed by atoms with E-state index < -0.39 is 20.0 Å². The lowest BCUT2D eigenvalue weighted by Gasteiger charge is -2.25. The standard InChI is InChI=1S/C44H79N2O6P/c1-3-5-7-9-11-13-15-17-18-19-20-21-22-23-24-26-28-30-32-34-36-38-44(48)46-42(41-52-53(49,50)51-40-39-45)43(47)37-35-33-31-29-27-25-16-14-12-10-8-6-4-2/h5,7,11,13,17-18,20-21,23-24,28,30,42-43,47H,3-4,6,8-10,12,14-16,19,22,25-27,29,31-41,45H2,1-2H3,(H,46,48)(H,49,50)/b7-5-,13-11-,18-17-,21-20-,24-23-,30-28-. The van der Waals surface area contributed by atoms with Crippen LogP contribution >= 0.6 is 7.82 Å². The molecule has 0 bridgehead atoms. The van der Waals surface area contributed by atoms with Crippen LogP contribution < -0.4 is 11.1 Å². The highest BCUT2D eigenvalue weighted by molar-refractivity contribution is 7.47. The van der Waals surface area contributed by atoms with E-state index in [0.29, 0.717) is 19.3 Å². The Balaban J connectivity index is 4.29. The first-order chi connectivity index (χ1) is 25.9. The van der Waals surface area contributed by atoms with Crippen molar-refractivity contribution in [3.8, 4) is 0 Å². The smallest absolute Gasteiger partial charge is 0.391 e. The highest BCUT2D eigenvalue weighted by Gasteiger charge is 2.27. The second kappa shape index (κ2) is 39.6. The van der Waals surface area contributed by atoms with Gasteiger partial charge in [0.1, 0.15) is 0 Å². The van der Waals surface area contributed by atoms with Crippen molar-refractivity contribution in [3.63, 3.8) is 0 Å². The first kappa shape index (κ1) is 50.9. The second-order valence-corrected chi connectivity index (χ2v) is 15.3. The lowest BCUT2D eigenvalue weighted by atomic mass is 10.0. The molecule has 0 aliphatic heterocycles. The Kier molecular flexibility index (Phi) is 38.1. The van der Waals surface area contributed by atoms with E-state index >= 15 is 0 Å². The maximum Gasteiger partial charge on any atom is 0.472 e. The average Bonchev–Trinajstić information content (AvgIpc) is 3.14. The summed E-state index contributed by atoms with van der Waals surface area (Å²) >= 11 is 0. The first-order valence-corrected chi connectivity index (χ1v) is 22.5. The van der Waals surface area contributed by atoms with Gasteiger partial charge >= 0.3 is 7.82 Å². The van der Waals surface area contributed by atoms with Crippen LogP contribution in [-0.4, -0.2) is 47.8 Å². The molecular formula is C44H79N2O6P. The van der Waals surface area contributed by atoms with Crippen LogP contribution in [0.15, 0.2) is 72.9 Å². The van der Waals surface area contributed by atoms with Crippen molar-refractivity contribution in [2.24, 2.45) is 5.73 Å². The van der Waals surface area contributed by atoms with Gasteiger partial charge in [0.05, 0.1) is 25.4 Å². The van der Waals surface area contributed by atoms with E-state index in [1.165, 1.54) is 64.2 Å². The van der Waals surface area contributed by atoms with Gasteiger partial charge in [-0.1, -0.05) is 170 Å². The summed E-state index contributed by atoms with van der Waals surface area (Å²) < 4.78 is 22.1. The van der Waals surface area contributed by atoms with Crippen molar-refractivity contribution in [2.75, 3.05) is 19.8 Å². The summed E-state index contributed by atoms with van der Waals surface area (Å²) in [6, 6.07) is -0.801. The molecule has 0 aliphatic carbocycles. The van der Waals surface area contributed by atoms with E-state index in [0.717, 1.165) is 70.6 Å². The summed E-state index contributed by atoms with van der Waals surface area (Å²) in [5.41, 5.74) is 5.37. The van der Waals surface area contributed by atoms with Gasteiger partial charge in [-0.2, -0.15) is 0 Å². The predicted molar refractivity (Wildman–Crippen MR) is 226 cm³/mol. The maximum absolute atomic E-state index is 12.7. The normalized spacial score (nSPS) is 14.9. The Bertz CT molecular complexity index is 1050. The summed E-state index contributed by atoms with van der Waals surface area (Å²) in [5, 5.41) is 13.7. The van der Waals surface area contributed by atoms with E-state index in [9.17, 15) is 19.4 Å². The van der Waals surface area contributed by atoms with Crippen molar-refractivity contribution >= 4 is 13.7 Å². The highest BCUT2D eigenvalue weighted by Crippen LogP contribution is 2.43. The summed E-state index contributed by atoms with van der Waals surface area (Å²) in [7, 11) is -4.33. The van der Waals surface area contributed by atoms with Gasteiger partial charge in [0.15, 0.2) is 0 Å². The Morgan fingerprint density at radius 1 is 0.642 bits per heavy atom. The molecule has 0 aromatic carbocycles. The fraction of sp³-hybridized carbons (Fsp3) is 0.705. The summed E-state index contributed by atoms with van der Waals surface area (Å²) in [5.74, 6) is -0.207. The number of nitrogens with one attached hydrogen (secondary N) is 1. The van der Waals surface area contributed by atoms with Crippen LogP contribution in [0.2, 0.25) is 0 Å². The van der Waals surface area contributed by atoms with Gasteiger partial charge in [0.25, 0.3) is 0 Å². The topological polar surface area (TPSA) is 131 Å². The number of amides is 1. The van der Waals surface area contributed by atoms with Gasteiger partial charge in [0.2, 0.25) is 5.91 Å². The summed E-state index contributed by atoms with van der Waals surface area (Å²) in [6.45, 7) is 4.04. The van der Waals surface area contributed by atoms with Crippen LogP contribution in [0.1, 0.15) is 168 Å². The number of nitrogens with two attached hydrogens (primary N) is 1. The number of rotatable bonds is 38. The molecule has 0 saturated carbocycles. The zero-order valence-electron chi connectivity index (χ0n) is 33.7. The molecule has 0 aromatic rings. The van der Waals surface area contributed by atoms with Crippen molar-refractivity contribution < 1.29 is 28.4 Å². The summed E-state index contributed by atoms with van der Waals surface area (Å²) in [6.07, 6.45) is 50.5. The predicted octanol–water partition coefficient (Wildman–Crippen LogP) is 11.7. The molecule has 0 radical (unpaired) electrons. The molecule has 9 heteroatoms. The van der Waals surface area contributed by atoms with Crippen LogP contribution in [0.3, 0.4) is 0 Å². The van der Waals surface area contributed by atoms with Crippen LogP contribution in [0.5, 0.6) is 0 Å². The number of hydrogen-bond donors (Lipinski definition) is 4. The molecule has 0 heterocycles. The molecule has 306 valence electrons. The minimum Gasteiger partial charge on any atom is -0.391 e. The molecule has 53 heavy (non-hydrogen) atoms. The number of hydrogen-bond acceptors (Lipinski definition) is 6. The van der Waals surface area contributed by atoms with E-state index in [2.05, 4.69) is 92.1 Å². The monoisotopic (exact) mass is 763 g/mol. The van der Waals surface area contributed by atoms with Crippen molar-refractivity contribution in [2.45, 2.75) is 180 Å². The van der Waals surface area contributed by atoms with Crippen LogP contribution in [0.25, 0.3) is 0 Å². The van der Waals surface area contributed by atoms with Gasteiger partial charge in [0, 0.05) is 13.0 Å². The summed E-state index contributed by atoms with van der Waals surface area (Å²) in [4.78, 5) is 22.7. The number of unbranched alkanes of at least 4 members (excludes halogenated alkanes) is 14. The molecule has 3 unspecified atom stereocenters. The zero-order chi connectivity index (χ0) is 38.9. The molecule has 0 fully saturated rings. The fourth-order valence-corrected chi connectivity index (χ4v) is 6.43. The SMILES string of the molecule is CC/C=C\C/C=C\C/C=C\C/C=C\C/C=C\C/C=C\CCCCC(=O)NC(COP(=O)(O)OCCN)C(O)CCCCCCCCCCCCCCC. The van der Waals surface area contributed by atoms with Crippen molar-refractivity contribution in [3.05, 3.63) is 72.9 Å². The molecule has 0 aliphatic rings. The molecule has 0 rings (SSSR count). The Morgan fingerprint density at radius 2 is 1.09 bits per heavy atom. The molecule has 0 aromatic heterocycles. The van der Waals surface area contributed by atoms with Gasteiger partial charge in [-0.3, -0.25) is 13.8 Å². The zero-order valence-corrected chi connectivity index (χ0v) is 34.6. The molecule has 0 spiro atoms. The van der Waals surface area contributed by atoms with Crippen LogP contribution in [0, 0.1) is 0 Å². The lowest BCUT2D eigenvalue weighted by molar-refractivity contribution is -0.123. The quantitative estimate of drug-likeness (QED) is 0.0280. The Labute approximate surface area is 325 Å². The number of phosphoric ester groups is 1. The van der Waals surface area contributed by atoms with Crippen molar-refractivity contribution in [1.29, 1.82) is 0 Å². The third-order valence-corrected chi connectivity index (χ3v) is 9.81. The first-order valence-electron chi connectivity index (χ1n) is 21.1. The molecule has 5 N–H and O–H groups in total. The molecule has 1 amide bonds. The van der Waals surface area contributed by atoms with Crippen molar-refractivity contribution in [1.82, 2.24) is 5.32 Å². The van der Waals surface area contributed by atoms with Gasteiger partial charge in [-0.05, 0) is 64.2 Å². The number of aliphatic hydroxyl groups excluding tert-OH is 1. The van der Waals surface area contributed by atoms with E-state index in [1.807, 2.05) is 0 Å². The molecule has 8 nitrogen and oxygen atoms in total. The molecule has 3 atom stereocenters. The average molecular weight is 763 g/mol. The van der Waals surface area contributed by atoms with E-state index in [-0.39, 0.29) is 25.7 Å². The minimum atomic E-state index is -4.33. The fourth-order valence-electron chi connectivity index (χ4n) is 5.67. The number of phosphoric acid groups is 1. The van der Waals surface area contributed by atoms with Gasteiger partial charge in [-0.15, -0.1) is 0 Å². The third-order valence-electron chi connectivity index (χ3n) is 8.82. The van der Waals surface area contributed by atoms with Crippen LogP contribution in [-0.2, 0) is 18.4 Å². The number of carbonyl (C=O) groups is 1. The van der Waals surface area contributed by atoms with E-state index in [4.69, 9.17) is 14.8 Å². The number of aliphatic hydroxyl groups is 1. The third kappa shape index (κ3) is 38.0. The minimum absolute atomic E-state index is 0.0777. The largest absolute Gasteiger partial charge is 0.472 e. The highest BCUT2D eigenvalue weighted by atomic mass is 31.2. The lowest BCUT2D eigenvalue weighted by Crippen LogP contribution is -2.46. The maximum atomic E-state index is 12.7. The van der Waals surface area contributed by atoms with E-state index in [1.54, 1.807) is 0 Å². The van der Waals surface area contributed by atoms with Crippen LogP contribution in [0.4, 0.5) is 0 Å². The Hall–Kier alpha value is -2.06. The molecular weight excluding hydrogens is 683 g/mol. The Morgan fingerprint density at radius 3 is 1.57 bits per heavy atom. The molecule has 0 saturated heterocycles. The van der Waals surface area contributed by atoms with Gasteiger partial charge in [-0.25, -0.2) is 4.57 Å². The number of allylic oxidation sites excluding steroid dienone is 12. The number of carbonyl (C=O) groups excluding carboxylic acids is 1.